The van der Waals surface area contributed by atoms with Crippen molar-refractivity contribution in [1.82, 2.24) is 29.3 Å². The van der Waals surface area contributed by atoms with Crippen LogP contribution in [0.4, 0.5) is 19.1 Å². The van der Waals surface area contributed by atoms with Gasteiger partial charge in [-0.05, 0) is 67.6 Å². The van der Waals surface area contributed by atoms with Crippen molar-refractivity contribution in [1.29, 1.82) is 5.26 Å². The predicted molar refractivity (Wildman–Crippen MR) is 162 cm³/mol. The molecule has 2 aromatic carbocycles. The summed E-state index contributed by atoms with van der Waals surface area (Å²) in [6.07, 6.45) is -1.19. The monoisotopic (exact) mass is 614 g/mol. The van der Waals surface area contributed by atoms with E-state index < -0.39 is 11.7 Å². The van der Waals surface area contributed by atoms with Crippen LogP contribution in [0.25, 0.3) is 33.7 Å². The molecular weight excluding hydrogens is 583 g/mol. The molecular formula is C32H31F3N9O+. The summed E-state index contributed by atoms with van der Waals surface area (Å²) < 4.78 is 45.1. The van der Waals surface area contributed by atoms with Crippen molar-refractivity contribution in [2.24, 2.45) is 0 Å². The molecule has 10 nitrogen and oxygen atoms in total. The first-order chi connectivity index (χ1) is 21.4. The molecule has 1 aliphatic heterocycles. The SMILES string of the molecule is Cc1c(-c2ccnn2-c2ccc(C#N)cc2)cn2nc(NC(=O)C[N+]3(C)CCN(C)CC3)nc2c1-c1cccc(C(F)(F)F)c1. The topological polar surface area (TPSA) is 104 Å². The summed E-state index contributed by atoms with van der Waals surface area (Å²) in [5.41, 5.74) is 3.41. The van der Waals surface area contributed by atoms with E-state index in [2.05, 4.69) is 38.5 Å². The van der Waals surface area contributed by atoms with Crippen LogP contribution >= 0.6 is 0 Å². The first kappa shape index (κ1) is 30.0. The number of benzene rings is 2. The zero-order valence-corrected chi connectivity index (χ0v) is 25.0. The molecule has 6 rings (SSSR count). The lowest BCUT2D eigenvalue weighted by Crippen LogP contribution is -2.58. The highest BCUT2D eigenvalue weighted by atomic mass is 19.4. The van der Waals surface area contributed by atoms with E-state index in [9.17, 15) is 23.2 Å². The van der Waals surface area contributed by atoms with Crippen LogP contribution < -0.4 is 5.32 Å². The van der Waals surface area contributed by atoms with Crippen LogP contribution in [-0.4, -0.2) is 86.5 Å². The van der Waals surface area contributed by atoms with Gasteiger partial charge in [0.25, 0.3) is 5.91 Å². The molecule has 45 heavy (non-hydrogen) atoms. The molecule has 0 spiro atoms. The van der Waals surface area contributed by atoms with Gasteiger partial charge in [-0.3, -0.25) is 15.0 Å². The molecule has 1 aliphatic rings. The van der Waals surface area contributed by atoms with Crippen LogP contribution in [0.3, 0.4) is 0 Å². The summed E-state index contributed by atoms with van der Waals surface area (Å²) >= 11 is 0. The largest absolute Gasteiger partial charge is 0.416 e. The summed E-state index contributed by atoms with van der Waals surface area (Å²) in [6, 6.07) is 15.9. The summed E-state index contributed by atoms with van der Waals surface area (Å²) in [6.45, 7) is 5.50. The molecule has 230 valence electrons. The minimum atomic E-state index is -4.54. The smallest absolute Gasteiger partial charge is 0.316 e. The van der Waals surface area contributed by atoms with E-state index in [-0.39, 0.29) is 18.4 Å². The third kappa shape index (κ3) is 6.02. The van der Waals surface area contributed by atoms with E-state index >= 15 is 0 Å². The number of carbonyl (C=O) groups excluding carboxylic acids is 1. The highest BCUT2D eigenvalue weighted by Gasteiger charge is 2.32. The molecule has 0 aliphatic carbocycles. The Bertz CT molecular complexity index is 1930. The normalized spacial score (nSPS) is 15.2. The Kier molecular flexibility index (Phi) is 7.64. The van der Waals surface area contributed by atoms with Crippen molar-refractivity contribution in [2.45, 2.75) is 13.1 Å². The number of nitrogens with zero attached hydrogens (tertiary/aromatic N) is 8. The zero-order chi connectivity index (χ0) is 31.9. The second kappa shape index (κ2) is 11.5. The van der Waals surface area contributed by atoms with Gasteiger partial charge >= 0.3 is 6.18 Å². The van der Waals surface area contributed by atoms with Gasteiger partial charge in [-0.15, -0.1) is 5.10 Å². The number of aromatic nitrogens is 5. The average molecular weight is 615 g/mol. The van der Waals surface area contributed by atoms with Crippen molar-refractivity contribution < 1.29 is 22.4 Å². The Labute approximate surface area is 257 Å². The molecule has 0 bridgehead atoms. The van der Waals surface area contributed by atoms with E-state index in [1.54, 1.807) is 53.5 Å². The highest BCUT2D eigenvalue weighted by molar-refractivity contribution is 5.91. The maximum absolute atomic E-state index is 13.8. The number of hydrogen-bond donors (Lipinski definition) is 1. The lowest BCUT2D eigenvalue weighted by atomic mass is 9.95. The van der Waals surface area contributed by atoms with Crippen molar-refractivity contribution in [3.8, 4) is 34.1 Å². The number of carbonyl (C=O) groups is 1. The Morgan fingerprint density at radius 3 is 2.53 bits per heavy atom. The molecule has 13 heteroatoms. The number of nitriles is 1. The Hall–Kier alpha value is -5.06. The second-order valence-electron chi connectivity index (χ2n) is 11.7. The molecule has 1 saturated heterocycles. The minimum absolute atomic E-state index is 0.0612. The summed E-state index contributed by atoms with van der Waals surface area (Å²) in [4.78, 5) is 20.0. The van der Waals surface area contributed by atoms with Gasteiger partial charge in [-0.1, -0.05) is 12.1 Å². The average Bonchev–Trinajstić information content (AvgIpc) is 3.65. The first-order valence-corrected chi connectivity index (χ1v) is 14.4. The van der Waals surface area contributed by atoms with Crippen molar-refractivity contribution in [3.63, 3.8) is 0 Å². The van der Waals surface area contributed by atoms with Gasteiger partial charge in [0.05, 0.1) is 54.9 Å². The summed E-state index contributed by atoms with van der Waals surface area (Å²) in [5, 5.41) is 21.0. The molecule has 0 unspecified atom stereocenters. The Balaban J connectivity index is 1.45. The number of likely N-dealkylation sites (N-methyl/N-ethyl adjacent to an activating group) is 2. The molecule has 0 saturated carbocycles. The molecule has 3 aromatic heterocycles. The second-order valence-corrected chi connectivity index (χ2v) is 11.7. The maximum Gasteiger partial charge on any atom is 0.416 e. The quantitative estimate of drug-likeness (QED) is 0.276. The minimum Gasteiger partial charge on any atom is -0.316 e. The van der Waals surface area contributed by atoms with Gasteiger partial charge in [-0.25, -0.2) is 9.20 Å². The number of alkyl halides is 3. The number of piperazine rings is 1. The number of pyridine rings is 1. The highest BCUT2D eigenvalue weighted by Crippen LogP contribution is 2.38. The fourth-order valence-electron chi connectivity index (χ4n) is 5.72. The van der Waals surface area contributed by atoms with Gasteiger partial charge in [0.1, 0.15) is 0 Å². The summed E-state index contributed by atoms with van der Waals surface area (Å²) in [7, 11) is 4.10. The fourth-order valence-corrected chi connectivity index (χ4v) is 5.72. The molecule has 1 fully saturated rings. The number of anilines is 1. The third-order valence-corrected chi connectivity index (χ3v) is 8.34. The van der Waals surface area contributed by atoms with Crippen LogP contribution in [0.2, 0.25) is 0 Å². The van der Waals surface area contributed by atoms with Crippen LogP contribution in [-0.2, 0) is 11.0 Å². The van der Waals surface area contributed by atoms with Gasteiger partial charge < -0.3 is 4.48 Å². The number of hydrogen-bond acceptors (Lipinski definition) is 6. The van der Waals surface area contributed by atoms with Crippen molar-refractivity contribution >= 4 is 17.5 Å². The number of fused-ring (bicyclic) bond motifs is 1. The Morgan fingerprint density at radius 1 is 1.11 bits per heavy atom. The first-order valence-electron chi connectivity index (χ1n) is 14.4. The van der Waals surface area contributed by atoms with E-state index in [4.69, 9.17) is 0 Å². The third-order valence-electron chi connectivity index (χ3n) is 8.34. The number of halogens is 3. The predicted octanol–water partition coefficient (Wildman–Crippen LogP) is 4.78. The maximum atomic E-state index is 13.8. The van der Waals surface area contributed by atoms with Gasteiger partial charge in [0.2, 0.25) is 5.95 Å². The molecule has 0 atom stereocenters. The van der Waals surface area contributed by atoms with E-state index in [1.807, 2.05) is 14.0 Å². The van der Waals surface area contributed by atoms with Crippen LogP contribution in [0.1, 0.15) is 16.7 Å². The molecule has 1 amide bonds. The van der Waals surface area contributed by atoms with Gasteiger partial charge in [0.15, 0.2) is 12.2 Å². The fraction of sp³-hybridized carbons (Fsp3) is 0.281. The summed E-state index contributed by atoms with van der Waals surface area (Å²) in [5.74, 6) is -0.180. The lowest BCUT2D eigenvalue weighted by molar-refractivity contribution is -0.905. The number of rotatable bonds is 6. The number of amides is 1. The van der Waals surface area contributed by atoms with Crippen LogP contribution in [0.15, 0.2) is 67.0 Å². The molecule has 4 heterocycles. The van der Waals surface area contributed by atoms with Crippen molar-refractivity contribution in [2.75, 3.05) is 52.1 Å². The standard InChI is InChI=1S/C32H30F3N9O/c1-21-26(27-11-12-37-43(27)25-9-7-22(18-36)8-10-25)19-42-30(29(21)23-5-4-6-24(17-23)32(33,34)35)39-31(40-42)38-28(45)20-44(3)15-13-41(2)14-16-44/h4-12,17,19H,13-16,20H2,1-3H3/p+1. The lowest BCUT2D eigenvalue weighted by Gasteiger charge is -2.40. The molecule has 5 aromatic rings. The zero-order valence-electron chi connectivity index (χ0n) is 25.0. The molecule has 0 radical (unpaired) electrons. The van der Waals surface area contributed by atoms with E-state index in [1.165, 1.54) is 10.6 Å². The Morgan fingerprint density at radius 2 is 1.84 bits per heavy atom. The van der Waals surface area contributed by atoms with Gasteiger partial charge in [0, 0.05) is 30.4 Å². The van der Waals surface area contributed by atoms with E-state index in [0.717, 1.165) is 38.3 Å². The van der Waals surface area contributed by atoms with Crippen LogP contribution in [0, 0.1) is 18.3 Å². The molecule has 1 N–H and O–H groups in total. The van der Waals surface area contributed by atoms with Crippen LogP contribution in [0.5, 0.6) is 0 Å². The number of nitrogens with one attached hydrogen (secondary N) is 1. The number of quaternary nitrogens is 1. The van der Waals surface area contributed by atoms with Crippen molar-refractivity contribution in [3.05, 3.63) is 83.7 Å². The van der Waals surface area contributed by atoms with Gasteiger partial charge in [-0.2, -0.15) is 28.5 Å². The van der Waals surface area contributed by atoms with E-state index in [0.29, 0.717) is 49.3 Å².